The molecular weight excluding hydrogens is 270 g/mol. The summed E-state index contributed by atoms with van der Waals surface area (Å²) in [6.07, 6.45) is -0.310. The van der Waals surface area contributed by atoms with Crippen molar-refractivity contribution in [3.8, 4) is 0 Å². The van der Waals surface area contributed by atoms with Gasteiger partial charge in [-0.2, -0.15) is 0 Å². The average molecular weight is 287 g/mol. The minimum absolute atomic E-state index is 0.0548. The summed E-state index contributed by atoms with van der Waals surface area (Å²) in [4.78, 5) is 10.8. The summed E-state index contributed by atoms with van der Waals surface area (Å²) in [6.45, 7) is 1.65. The average Bonchev–Trinajstić information content (AvgIpc) is 2.27. The number of nitrogen functional groups attached to an aromatic ring is 1. The van der Waals surface area contributed by atoms with Crippen LogP contribution >= 0.6 is 0 Å². The van der Waals surface area contributed by atoms with E-state index < -0.39 is 22.0 Å². The summed E-state index contributed by atoms with van der Waals surface area (Å²) in [5.74, 6) is -0.683. The van der Waals surface area contributed by atoms with Crippen molar-refractivity contribution in [2.24, 2.45) is 5.73 Å². The van der Waals surface area contributed by atoms with Crippen LogP contribution in [0.15, 0.2) is 23.1 Å². The number of primary amides is 1. The van der Waals surface area contributed by atoms with E-state index in [1.54, 1.807) is 6.92 Å². The molecule has 0 aromatic heterocycles. The third kappa shape index (κ3) is 4.19. The second kappa shape index (κ2) is 6.00. The summed E-state index contributed by atoms with van der Waals surface area (Å²) < 4.78 is 26.2. The molecule has 7 nitrogen and oxygen atoms in total. The Hall–Kier alpha value is -1.64. The number of anilines is 1. The van der Waals surface area contributed by atoms with Gasteiger partial charge in [-0.3, -0.25) is 4.79 Å². The number of nitrogens with one attached hydrogen (secondary N) is 1. The fourth-order valence-electron chi connectivity index (χ4n) is 1.43. The van der Waals surface area contributed by atoms with Crippen molar-refractivity contribution in [3.05, 3.63) is 23.8 Å². The highest BCUT2D eigenvalue weighted by atomic mass is 32.2. The lowest BCUT2D eigenvalue weighted by Crippen LogP contribution is -2.27. The van der Waals surface area contributed by atoms with E-state index in [2.05, 4.69) is 4.72 Å². The van der Waals surface area contributed by atoms with Crippen LogP contribution in [0.1, 0.15) is 23.7 Å². The van der Waals surface area contributed by atoms with Gasteiger partial charge in [0.15, 0.2) is 0 Å². The van der Waals surface area contributed by atoms with Gasteiger partial charge in [0, 0.05) is 12.1 Å². The van der Waals surface area contributed by atoms with Gasteiger partial charge in [0.2, 0.25) is 15.9 Å². The van der Waals surface area contributed by atoms with E-state index >= 15 is 0 Å². The van der Waals surface area contributed by atoms with Gasteiger partial charge >= 0.3 is 0 Å². The third-order valence-electron chi connectivity index (χ3n) is 2.44. The molecule has 1 amide bonds. The maximum Gasteiger partial charge on any atom is 0.248 e. The molecule has 106 valence electrons. The number of aliphatic hydroxyl groups excluding tert-OH is 1. The lowest BCUT2D eigenvalue weighted by atomic mass is 10.2. The smallest absolute Gasteiger partial charge is 0.248 e. The van der Waals surface area contributed by atoms with Crippen molar-refractivity contribution in [1.82, 2.24) is 4.72 Å². The molecule has 0 saturated carbocycles. The van der Waals surface area contributed by atoms with Crippen molar-refractivity contribution in [2.75, 3.05) is 12.3 Å². The van der Waals surface area contributed by atoms with Crippen molar-refractivity contribution >= 4 is 21.6 Å². The van der Waals surface area contributed by atoms with Gasteiger partial charge in [-0.25, -0.2) is 13.1 Å². The minimum atomic E-state index is -3.77. The molecule has 0 bridgehead atoms. The molecule has 0 radical (unpaired) electrons. The van der Waals surface area contributed by atoms with Gasteiger partial charge in [0.05, 0.1) is 11.8 Å². The summed E-state index contributed by atoms with van der Waals surface area (Å²) >= 11 is 0. The zero-order chi connectivity index (χ0) is 14.6. The molecule has 0 aliphatic carbocycles. The van der Waals surface area contributed by atoms with Crippen molar-refractivity contribution in [1.29, 1.82) is 0 Å². The summed E-state index contributed by atoms with van der Waals surface area (Å²) in [7, 11) is -3.77. The Kier molecular flexibility index (Phi) is 4.87. The van der Waals surface area contributed by atoms with Crippen LogP contribution in [0.2, 0.25) is 0 Å². The normalized spacial score (nSPS) is 13.2. The molecule has 0 aliphatic heterocycles. The van der Waals surface area contributed by atoms with E-state index in [1.807, 2.05) is 0 Å². The summed E-state index contributed by atoms with van der Waals surface area (Å²) in [5.41, 5.74) is 10.8. The first kappa shape index (κ1) is 15.4. The van der Waals surface area contributed by atoms with E-state index in [1.165, 1.54) is 18.2 Å². The lowest BCUT2D eigenvalue weighted by Gasteiger charge is -2.10. The summed E-state index contributed by atoms with van der Waals surface area (Å²) in [5, 5.41) is 9.06. The highest BCUT2D eigenvalue weighted by Gasteiger charge is 2.18. The number of amides is 1. The Balaban J connectivity index is 2.93. The van der Waals surface area contributed by atoms with Crippen molar-refractivity contribution < 1.29 is 18.3 Å². The van der Waals surface area contributed by atoms with E-state index in [-0.39, 0.29) is 22.7 Å². The van der Waals surface area contributed by atoms with Gasteiger partial charge in [-0.15, -0.1) is 0 Å². The Labute approximate surface area is 111 Å². The second-order valence-electron chi connectivity index (χ2n) is 4.15. The Morgan fingerprint density at radius 3 is 2.58 bits per heavy atom. The Bertz CT molecular complexity index is 569. The molecular formula is C11H17N3O4S. The number of sulfonamides is 1. The number of aliphatic hydroxyl groups is 1. The molecule has 1 aromatic carbocycles. The van der Waals surface area contributed by atoms with Crippen LogP contribution in [-0.4, -0.2) is 32.1 Å². The number of carbonyl (C=O) groups excluding carboxylic acids is 1. The molecule has 0 heterocycles. The van der Waals surface area contributed by atoms with Crippen LogP contribution in [0.5, 0.6) is 0 Å². The number of hydrogen-bond donors (Lipinski definition) is 4. The van der Waals surface area contributed by atoms with Gasteiger partial charge < -0.3 is 16.6 Å². The first-order valence-corrected chi connectivity index (χ1v) is 7.09. The van der Waals surface area contributed by atoms with E-state index in [0.717, 1.165) is 0 Å². The van der Waals surface area contributed by atoms with E-state index in [4.69, 9.17) is 16.6 Å². The zero-order valence-corrected chi connectivity index (χ0v) is 11.3. The number of carbonyl (C=O) groups is 1. The largest absolute Gasteiger partial charge is 0.398 e. The van der Waals surface area contributed by atoms with Crippen LogP contribution in [0.25, 0.3) is 0 Å². The van der Waals surface area contributed by atoms with Crippen molar-refractivity contribution in [2.45, 2.75) is 24.3 Å². The van der Waals surface area contributed by atoms with Crippen LogP contribution in [0.4, 0.5) is 5.69 Å². The molecule has 1 rings (SSSR count). The predicted molar refractivity (Wildman–Crippen MR) is 70.9 cm³/mol. The number of nitrogens with two attached hydrogens (primary N) is 2. The third-order valence-corrected chi connectivity index (χ3v) is 3.97. The van der Waals surface area contributed by atoms with Crippen LogP contribution in [-0.2, 0) is 10.0 Å². The minimum Gasteiger partial charge on any atom is -0.398 e. The Morgan fingerprint density at radius 1 is 1.47 bits per heavy atom. The van der Waals surface area contributed by atoms with Gasteiger partial charge in [-0.1, -0.05) is 0 Å². The van der Waals surface area contributed by atoms with Crippen LogP contribution in [0.3, 0.4) is 0 Å². The SMILES string of the molecule is CC(O)CCNS(=O)(=O)c1ccc(C(N)=O)cc1N. The first-order chi connectivity index (χ1) is 8.74. The second-order valence-corrected chi connectivity index (χ2v) is 5.89. The maximum absolute atomic E-state index is 11.9. The predicted octanol–water partition coefficient (Wildman–Crippen LogP) is -0.583. The molecule has 0 spiro atoms. The molecule has 19 heavy (non-hydrogen) atoms. The Morgan fingerprint density at radius 2 is 2.11 bits per heavy atom. The fourth-order valence-corrected chi connectivity index (χ4v) is 2.58. The number of hydrogen-bond acceptors (Lipinski definition) is 5. The maximum atomic E-state index is 11.9. The van der Waals surface area contributed by atoms with E-state index in [0.29, 0.717) is 6.42 Å². The first-order valence-electron chi connectivity index (χ1n) is 5.61. The molecule has 1 unspecified atom stereocenters. The quantitative estimate of drug-likeness (QED) is 0.519. The van der Waals surface area contributed by atoms with Gasteiger partial charge in [-0.05, 0) is 31.5 Å². The zero-order valence-electron chi connectivity index (χ0n) is 10.5. The fraction of sp³-hybridized carbons (Fsp3) is 0.364. The molecule has 0 saturated heterocycles. The highest BCUT2D eigenvalue weighted by molar-refractivity contribution is 7.89. The summed E-state index contributed by atoms with van der Waals surface area (Å²) in [6, 6.07) is 3.73. The molecule has 6 N–H and O–H groups in total. The number of benzene rings is 1. The molecule has 1 aromatic rings. The molecule has 0 aliphatic rings. The standard InChI is InChI=1S/C11H17N3O4S/c1-7(15)4-5-14-19(17,18)10-3-2-8(11(13)16)6-9(10)12/h2-3,6-7,14-15H,4-5,12H2,1H3,(H2,13,16). The molecule has 8 heteroatoms. The molecule has 0 fully saturated rings. The topological polar surface area (TPSA) is 136 Å². The van der Waals surface area contributed by atoms with Gasteiger partial charge in [0.1, 0.15) is 4.90 Å². The van der Waals surface area contributed by atoms with E-state index in [9.17, 15) is 13.2 Å². The number of rotatable bonds is 6. The van der Waals surface area contributed by atoms with Crippen molar-refractivity contribution in [3.63, 3.8) is 0 Å². The molecule has 1 atom stereocenters. The highest BCUT2D eigenvalue weighted by Crippen LogP contribution is 2.19. The lowest BCUT2D eigenvalue weighted by molar-refractivity contribution is 0.1000. The monoisotopic (exact) mass is 287 g/mol. The van der Waals surface area contributed by atoms with Crippen LogP contribution < -0.4 is 16.2 Å². The van der Waals surface area contributed by atoms with Crippen LogP contribution in [0, 0.1) is 0 Å². The van der Waals surface area contributed by atoms with Gasteiger partial charge in [0.25, 0.3) is 0 Å².